The quantitative estimate of drug-likeness (QED) is 0.168. The Morgan fingerprint density at radius 2 is 1.12 bits per heavy atom. The van der Waals surface area contributed by atoms with E-state index in [1.54, 1.807) is 0 Å². The van der Waals surface area contributed by atoms with Crippen molar-refractivity contribution in [3.8, 4) is 5.75 Å². The fourth-order valence-corrected chi connectivity index (χ4v) is 6.53. The summed E-state index contributed by atoms with van der Waals surface area (Å²) < 4.78 is 7.44. The van der Waals surface area contributed by atoms with E-state index < -0.39 is 0 Å². The first-order valence-electron chi connectivity index (χ1n) is 15.0. The predicted molar refractivity (Wildman–Crippen MR) is 177 cm³/mol. The van der Waals surface area contributed by atoms with Crippen LogP contribution in [0, 0.1) is 6.67 Å². The molecule has 0 spiro atoms. The van der Waals surface area contributed by atoms with E-state index >= 15 is 0 Å². The summed E-state index contributed by atoms with van der Waals surface area (Å²) in [5, 5.41) is 0. The maximum absolute atomic E-state index is 5.69. The second-order valence-electron chi connectivity index (χ2n) is 11.8. The molecule has 0 unspecified atom stereocenters. The van der Waals surface area contributed by atoms with Gasteiger partial charge in [0.15, 0.2) is 0 Å². The number of anilines is 2. The number of benzene rings is 3. The summed E-state index contributed by atoms with van der Waals surface area (Å²) in [6.45, 7) is 25.6. The third-order valence-electron chi connectivity index (χ3n) is 7.49. The van der Waals surface area contributed by atoms with Gasteiger partial charge in [0.25, 0.3) is 0 Å². The van der Waals surface area contributed by atoms with Crippen molar-refractivity contribution in [2.24, 2.45) is 0 Å². The molecule has 1 fully saturated rings. The van der Waals surface area contributed by atoms with Gasteiger partial charge >= 0.3 is 83.8 Å². The van der Waals surface area contributed by atoms with Gasteiger partial charge in [0.1, 0.15) is 0 Å². The van der Waals surface area contributed by atoms with Crippen LogP contribution in [-0.4, -0.2) is 24.3 Å². The average molecular weight is 662 g/mol. The molecule has 5 heteroatoms. The summed E-state index contributed by atoms with van der Waals surface area (Å²) in [6.07, 6.45) is 0. The zero-order valence-electron chi connectivity index (χ0n) is 26.4. The van der Waals surface area contributed by atoms with Gasteiger partial charge in [0, 0.05) is 24.5 Å². The van der Waals surface area contributed by atoms with Crippen molar-refractivity contribution in [2.75, 3.05) is 29.5 Å². The predicted octanol–water partition coefficient (Wildman–Crippen LogP) is 10.1. The SMILES string of the molecule is CC(C)c1cccc(C(C)C)c1N1[CH-]N(c2c(C(C)C)cccc2C(C)C)CC1.CCOc1ccccc1[CH]=[Ru][Cl]. The Morgan fingerprint density at radius 3 is 1.49 bits per heavy atom. The van der Waals surface area contributed by atoms with Crippen LogP contribution in [0.4, 0.5) is 11.4 Å². The number of ether oxygens (including phenoxy) is 1. The van der Waals surface area contributed by atoms with Crippen LogP contribution in [0.2, 0.25) is 0 Å². The molecule has 0 aromatic heterocycles. The van der Waals surface area contributed by atoms with Crippen LogP contribution >= 0.6 is 9.69 Å². The normalized spacial score (nSPS) is 13.8. The van der Waals surface area contributed by atoms with Crippen molar-refractivity contribution < 1.29 is 20.4 Å². The zero-order chi connectivity index (χ0) is 30.1. The van der Waals surface area contributed by atoms with Crippen molar-refractivity contribution in [2.45, 2.75) is 86.0 Å². The maximum atomic E-state index is 5.69. The van der Waals surface area contributed by atoms with Crippen molar-refractivity contribution >= 4 is 25.7 Å². The third-order valence-corrected chi connectivity index (χ3v) is 8.67. The van der Waals surface area contributed by atoms with Crippen LogP contribution in [-0.2, 0) is 15.7 Å². The molecular formula is C36H49ClN2ORu-. The first-order chi connectivity index (χ1) is 19.6. The molecule has 3 nitrogen and oxygen atoms in total. The minimum absolute atomic E-state index is 0.178. The van der Waals surface area contributed by atoms with Crippen molar-refractivity contribution in [3.05, 3.63) is 95.1 Å². The molecule has 0 radical (unpaired) electrons. The van der Waals surface area contributed by atoms with Crippen molar-refractivity contribution in [1.29, 1.82) is 0 Å². The molecule has 1 aliphatic rings. The number of para-hydroxylation sites is 3. The Hall–Kier alpha value is -2.16. The summed E-state index contributed by atoms with van der Waals surface area (Å²) in [5.74, 6) is 2.98. The molecule has 225 valence electrons. The number of hydrogen-bond donors (Lipinski definition) is 0. The molecule has 41 heavy (non-hydrogen) atoms. The fraction of sp³-hybridized carbons (Fsp3) is 0.444. The molecule has 4 rings (SSSR count). The monoisotopic (exact) mass is 662 g/mol. The van der Waals surface area contributed by atoms with E-state index in [9.17, 15) is 0 Å². The van der Waals surface area contributed by atoms with Crippen LogP contribution in [0.15, 0.2) is 60.7 Å². The molecule has 3 aromatic rings. The minimum atomic E-state index is -0.178. The van der Waals surface area contributed by atoms with Gasteiger partial charge in [-0.15, -0.1) is 0 Å². The summed E-state index contributed by atoms with van der Waals surface area (Å²) in [4.78, 5) is 5.01. The number of rotatable bonds is 9. The van der Waals surface area contributed by atoms with Crippen LogP contribution in [0.1, 0.15) is 114 Å². The fourth-order valence-electron chi connectivity index (χ4n) is 5.42. The van der Waals surface area contributed by atoms with Crippen LogP contribution in [0.5, 0.6) is 5.75 Å². The second kappa shape index (κ2) is 15.9. The van der Waals surface area contributed by atoms with E-state index in [2.05, 4.69) is 108 Å². The Bertz CT molecular complexity index is 1160. The van der Waals surface area contributed by atoms with Gasteiger partial charge in [-0.2, -0.15) is 6.67 Å². The summed E-state index contributed by atoms with van der Waals surface area (Å²) in [6, 6.07) is 21.6. The molecule has 0 saturated carbocycles. The molecular weight excluding hydrogens is 613 g/mol. The Morgan fingerprint density at radius 1 is 0.707 bits per heavy atom. The standard InChI is InChI=1S/C27H39N2.C9H10O.ClH.Ru/c1-18(2)22-11-9-12-23(19(3)4)26(22)28-15-16-29(17-28)27-24(20(5)6)13-10-14-25(27)21(7)8;1-3-10-9-7-5-4-6-8(9)2;;/h9-14,17-21H,15-16H2,1-8H3;2,4-7H,3H2,1H3;1H;/q-1;;;+1/p-1. The van der Waals surface area contributed by atoms with Gasteiger partial charge in [-0.25, -0.2) is 0 Å². The summed E-state index contributed by atoms with van der Waals surface area (Å²) in [7, 11) is 5.69. The molecule has 0 atom stereocenters. The first kappa shape index (κ1) is 33.3. The van der Waals surface area contributed by atoms with Crippen LogP contribution < -0.4 is 14.5 Å². The van der Waals surface area contributed by atoms with E-state index in [1.807, 2.05) is 35.8 Å². The topological polar surface area (TPSA) is 15.7 Å². The Kier molecular flexibility index (Phi) is 12.9. The van der Waals surface area contributed by atoms with E-state index in [-0.39, 0.29) is 15.7 Å². The van der Waals surface area contributed by atoms with E-state index in [0.717, 1.165) is 24.4 Å². The molecule has 1 aliphatic heterocycles. The van der Waals surface area contributed by atoms with E-state index in [0.29, 0.717) is 30.3 Å². The van der Waals surface area contributed by atoms with Crippen molar-refractivity contribution in [3.63, 3.8) is 0 Å². The van der Waals surface area contributed by atoms with Crippen LogP contribution in [0.3, 0.4) is 0 Å². The molecule has 0 aliphatic carbocycles. The first-order valence-corrected chi connectivity index (χ1v) is 18.3. The van der Waals surface area contributed by atoms with Gasteiger partial charge in [-0.1, -0.05) is 91.8 Å². The molecule has 3 aromatic carbocycles. The van der Waals surface area contributed by atoms with E-state index in [1.165, 1.54) is 33.6 Å². The molecule has 0 N–H and O–H groups in total. The van der Waals surface area contributed by atoms with Gasteiger partial charge in [0.2, 0.25) is 0 Å². The van der Waals surface area contributed by atoms with Gasteiger partial charge in [-0.3, -0.25) is 0 Å². The van der Waals surface area contributed by atoms with E-state index in [4.69, 9.17) is 14.4 Å². The van der Waals surface area contributed by atoms with Gasteiger partial charge in [-0.05, 0) is 45.9 Å². The number of nitrogens with zero attached hydrogens (tertiary/aromatic N) is 2. The molecule has 1 heterocycles. The third kappa shape index (κ3) is 8.45. The van der Waals surface area contributed by atoms with Gasteiger partial charge < -0.3 is 9.80 Å². The van der Waals surface area contributed by atoms with Crippen LogP contribution in [0.25, 0.3) is 0 Å². The second-order valence-corrected chi connectivity index (χ2v) is 13.6. The van der Waals surface area contributed by atoms with Crippen molar-refractivity contribution in [1.82, 2.24) is 0 Å². The van der Waals surface area contributed by atoms with Gasteiger partial charge in [0.05, 0.1) is 0 Å². The Balaban J connectivity index is 0.000000322. The summed E-state index contributed by atoms with van der Waals surface area (Å²) >= 11 is -0.178. The molecule has 0 amide bonds. The number of hydrogen-bond acceptors (Lipinski definition) is 3. The molecule has 0 bridgehead atoms. The zero-order valence-corrected chi connectivity index (χ0v) is 28.9. The number of halogens is 1. The Labute approximate surface area is 261 Å². The average Bonchev–Trinajstić information content (AvgIpc) is 3.43. The summed E-state index contributed by atoms with van der Waals surface area (Å²) in [5.41, 5.74) is 9.77. The molecule has 1 saturated heterocycles.